The summed E-state index contributed by atoms with van der Waals surface area (Å²) >= 11 is 1.96. The van der Waals surface area contributed by atoms with Crippen molar-refractivity contribution in [1.29, 1.82) is 0 Å². The molecule has 0 aromatic carbocycles. The monoisotopic (exact) mass is 278 g/mol. The Balaban J connectivity index is 1.69. The molecule has 2 atom stereocenters. The van der Waals surface area contributed by atoms with Gasteiger partial charge in [-0.2, -0.15) is 0 Å². The van der Waals surface area contributed by atoms with E-state index < -0.39 is 0 Å². The maximum atomic E-state index is 3.26. The number of fused-ring (bicyclic) bond motifs is 1. The van der Waals surface area contributed by atoms with E-state index in [9.17, 15) is 0 Å². The first-order valence-electron chi connectivity index (χ1n) is 7.74. The number of hydrogen-bond donors (Lipinski definition) is 1. The number of aryl methyl sites for hydroxylation is 1. The third kappa shape index (κ3) is 2.88. The lowest BCUT2D eigenvalue weighted by atomic mass is 9.91. The minimum atomic E-state index is 0.890. The van der Waals surface area contributed by atoms with Gasteiger partial charge in [-0.3, -0.25) is 4.90 Å². The third-order valence-electron chi connectivity index (χ3n) is 4.90. The summed E-state index contributed by atoms with van der Waals surface area (Å²) in [5.41, 5.74) is 1.57. The van der Waals surface area contributed by atoms with Crippen LogP contribution in [0.3, 0.4) is 0 Å². The van der Waals surface area contributed by atoms with Crippen molar-refractivity contribution >= 4 is 11.3 Å². The molecule has 1 aliphatic heterocycles. The van der Waals surface area contributed by atoms with Gasteiger partial charge >= 0.3 is 0 Å². The van der Waals surface area contributed by atoms with Crippen LogP contribution in [0, 0.1) is 12.8 Å². The van der Waals surface area contributed by atoms with Crippen LogP contribution in [0.25, 0.3) is 0 Å². The molecule has 0 amide bonds. The Hall–Kier alpha value is -0.380. The molecule has 2 aliphatic rings. The summed E-state index contributed by atoms with van der Waals surface area (Å²) in [7, 11) is 2.03. The minimum Gasteiger partial charge on any atom is -0.315 e. The highest BCUT2D eigenvalue weighted by atomic mass is 32.1. The molecule has 0 bridgehead atoms. The number of nitrogens with one attached hydrogen (secondary N) is 1. The molecule has 1 aliphatic carbocycles. The van der Waals surface area contributed by atoms with Crippen molar-refractivity contribution in [3.8, 4) is 0 Å². The van der Waals surface area contributed by atoms with Crippen LogP contribution in [0.2, 0.25) is 0 Å². The lowest BCUT2D eigenvalue weighted by Gasteiger charge is -2.37. The normalized spacial score (nSPS) is 27.7. The molecular weight excluding hydrogens is 252 g/mol. The molecule has 0 spiro atoms. The fourth-order valence-electron chi connectivity index (χ4n) is 3.98. The summed E-state index contributed by atoms with van der Waals surface area (Å²) < 4.78 is 0. The molecule has 3 heteroatoms. The maximum absolute atomic E-state index is 3.26. The average Bonchev–Trinajstić information content (AvgIpc) is 2.98. The first kappa shape index (κ1) is 13.6. The number of hydrogen-bond acceptors (Lipinski definition) is 3. The second-order valence-corrected chi connectivity index (χ2v) is 7.54. The Bertz CT molecular complexity index is 426. The zero-order valence-electron chi connectivity index (χ0n) is 12.2. The summed E-state index contributed by atoms with van der Waals surface area (Å²) in [6.45, 7) is 5.80. The predicted molar refractivity (Wildman–Crippen MR) is 82.6 cm³/mol. The molecular formula is C16H26N2S. The second-order valence-electron chi connectivity index (χ2n) is 6.20. The van der Waals surface area contributed by atoms with Gasteiger partial charge in [0.2, 0.25) is 0 Å². The summed E-state index contributed by atoms with van der Waals surface area (Å²) in [5.74, 6) is 1.00. The summed E-state index contributed by atoms with van der Waals surface area (Å²) in [5, 5.41) is 3.26. The van der Waals surface area contributed by atoms with E-state index in [0.29, 0.717) is 0 Å². The zero-order valence-corrected chi connectivity index (χ0v) is 13.1. The summed E-state index contributed by atoms with van der Waals surface area (Å²) in [4.78, 5) is 5.78. The molecule has 1 saturated carbocycles. The molecule has 2 unspecified atom stereocenters. The zero-order chi connectivity index (χ0) is 13.2. The predicted octanol–water partition coefficient (Wildman–Crippen LogP) is 3.54. The summed E-state index contributed by atoms with van der Waals surface area (Å²) in [6.07, 6.45) is 7.27. The minimum absolute atomic E-state index is 0.890. The van der Waals surface area contributed by atoms with Gasteiger partial charge in [0.25, 0.3) is 0 Å². The molecule has 0 radical (unpaired) electrons. The van der Waals surface area contributed by atoms with Crippen molar-refractivity contribution in [1.82, 2.24) is 10.2 Å². The highest BCUT2D eigenvalue weighted by molar-refractivity contribution is 7.12. The average molecular weight is 278 g/mol. The van der Waals surface area contributed by atoms with E-state index >= 15 is 0 Å². The Morgan fingerprint density at radius 1 is 1.32 bits per heavy atom. The lowest BCUT2D eigenvalue weighted by molar-refractivity contribution is 0.106. The van der Waals surface area contributed by atoms with E-state index in [2.05, 4.69) is 23.2 Å². The SMILES string of the molecule is CNCc1cc(CN2CCCC3CCCC32)c(C)s1. The van der Waals surface area contributed by atoms with Crippen LogP contribution < -0.4 is 5.32 Å². The van der Waals surface area contributed by atoms with Crippen LogP contribution in [-0.2, 0) is 13.1 Å². The van der Waals surface area contributed by atoms with Gasteiger partial charge in [0, 0.05) is 28.9 Å². The third-order valence-corrected chi connectivity index (χ3v) is 6.00. The van der Waals surface area contributed by atoms with Crippen molar-refractivity contribution in [2.45, 2.75) is 58.2 Å². The molecule has 106 valence electrons. The quantitative estimate of drug-likeness (QED) is 0.906. The molecule has 2 nitrogen and oxygen atoms in total. The Morgan fingerprint density at radius 3 is 3.00 bits per heavy atom. The second kappa shape index (κ2) is 5.94. The number of piperidine rings is 1. The van der Waals surface area contributed by atoms with Crippen LogP contribution in [-0.4, -0.2) is 24.5 Å². The van der Waals surface area contributed by atoms with Gasteiger partial charge in [0.1, 0.15) is 0 Å². The fraction of sp³-hybridized carbons (Fsp3) is 0.750. The number of thiophene rings is 1. The molecule has 3 rings (SSSR count). The molecule has 1 saturated heterocycles. The van der Waals surface area contributed by atoms with E-state index in [1.165, 1.54) is 54.9 Å². The van der Waals surface area contributed by atoms with E-state index in [1.807, 2.05) is 18.4 Å². The number of rotatable bonds is 4. The van der Waals surface area contributed by atoms with Crippen molar-refractivity contribution in [3.05, 3.63) is 21.4 Å². The number of nitrogens with zero attached hydrogens (tertiary/aromatic N) is 1. The first-order chi connectivity index (χ1) is 9.28. The van der Waals surface area contributed by atoms with E-state index in [4.69, 9.17) is 0 Å². The molecule has 1 N–H and O–H groups in total. The van der Waals surface area contributed by atoms with Gasteiger partial charge in [-0.25, -0.2) is 0 Å². The van der Waals surface area contributed by atoms with Crippen molar-refractivity contribution < 1.29 is 0 Å². The van der Waals surface area contributed by atoms with Gasteiger partial charge in [-0.05, 0) is 63.7 Å². The topological polar surface area (TPSA) is 15.3 Å². The van der Waals surface area contributed by atoms with Gasteiger partial charge in [-0.15, -0.1) is 11.3 Å². The largest absolute Gasteiger partial charge is 0.315 e. The van der Waals surface area contributed by atoms with Gasteiger partial charge in [0.05, 0.1) is 0 Å². The number of likely N-dealkylation sites (tertiary alicyclic amines) is 1. The van der Waals surface area contributed by atoms with Crippen molar-refractivity contribution in [2.75, 3.05) is 13.6 Å². The molecule has 1 aromatic heterocycles. The highest BCUT2D eigenvalue weighted by Crippen LogP contribution is 2.38. The van der Waals surface area contributed by atoms with Gasteiger partial charge in [0.15, 0.2) is 0 Å². The van der Waals surface area contributed by atoms with Crippen molar-refractivity contribution in [3.63, 3.8) is 0 Å². The van der Waals surface area contributed by atoms with Crippen molar-refractivity contribution in [2.24, 2.45) is 5.92 Å². The molecule has 2 fully saturated rings. The Morgan fingerprint density at radius 2 is 2.16 bits per heavy atom. The maximum Gasteiger partial charge on any atom is 0.0296 e. The van der Waals surface area contributed by atoms with Crippen LogP contribution in [0.1, 0.15) is 47.4 Å². The smallest absolute Gasteiger partial charge is 0.0296 e. The summed E-state index contributed by atoms with van der Waals surface area (Å²) in [6, 6.07) is 3.32. The van der Waals surface area contributed by atoms with Crippen LogP contribution >= 0.6 is 11.3 Å². The standard InChI is InChI=1S/C16H26N2S/c1-12-14(9-15(19-12)10-17-2)11-18-8-4-6-13-5-3-7-16(13)18/h9,13,16-17H,3-8,10-11H2,1-2H3. The molecule has 19 heavy (non-hydrogen) atoms. The first-order valence-corrected chi connectivity index (χ1v) is 8.56. The Kier molecular flexibility index (Phi) is 4.25. The van der Waals surface area contributed by atoms with E-state index in [-0.39, 0.29) is 0 Å². The Labute approximate surface area is 121 Å². The van der Waals surface area contributed by atoms with Crippen LogP contribution in [0.4, 0.5) is 0 Å². The molecule has 1 aromatic rings. The highest BCUT2D eigenvalue weighted by Gasteiger charge is 2.34. The van der Waals surface area contributed by atoms with Gasteiger partial charge in [-0.1, -0.05) is 6.42 Å². The fourth-order valence-corrected chi connectivity index (χ4v) is 5.04. The van der Waals surface area contributed by atoms with Gasteiger partial charge < -0.3 is 5.32 Å². The molecule has 2 heterocycles. The van der Waals surface area contributed by atoms with E-state index in [0.717, 1.165) is 18.5 Å². The lowest BCUT2D eigenvalue weighted by Crippen LogP contribution is -2.41. The van der Waals surface area contributed by atoms with Crippen LogP contribution in [0.15, 0.2) is 6.07 Å². The van der Waals surface area contributed by atoms with Crippen LogP contribution in [0.5, 0.6) is 0 Å². The van der Waals surface area contributed by atoms with E-state index in [1.54, 1.807) is 5.56 Å².